The minimum absolute atomic E-state index is 0.0520. The second-order valence-corrected chi connectivity index (χ2v) is 9.52. The Morgan fingerprint density at radius 2 is 1.97 bits per heavy atom. The molecule has 1 saturated carbocycles. The predicted molar refractivity (Wildman–Crippen MR) is 133 cm³/mol. The number of pyridine rings is 1. The maximum Gasteiger partial charge on any atom is 0.330 e. The van der Waals surface area contributed by atoms with Gasteiger partial charge in [-0.05, 0) is 54.8 Å². The van der Waals surface area contributed by atoms with Crippen LogP contribution in [0.5, 0.6) is 0 Å². The molecule has 34 heavy (non-hydrogen) atoms. The first-order chi connectivity index (χ1) is 16.5. The maximum absolute atomic E-state index is 12.3. The fourth-order valence-corrected chi connectivity index (χ4v) is 4.93. The highest BCUT2D eigenvalue weighted by atomic mass is 35.5. The fourth-order valence-electron chi connectivity index (χ4n) is 4.63. The first kappa shape index (κ1) is 21.2. The number of amides is 1. The topological polar surface area (TPSA) is 85.7 Å². The number of nitrogens with zero attached hydrogens (tertiary/aromatic N) is 4. The van der Waals surface area contributed by atoms with Gasteiger partial charge >= 0.3 is 5.69 Å². The van der Waals surface area contributed by atoms with Crippen LogP contribution in [0.3, 0.4) is 0 Å². The minimum Gasteiger partial charge on any atom is -0.368 e. The molecule has 2 fully saturated rings. The summed E-state index contributed by atoms with van der Waals surface area (Å²) in [6, 6.07) is 11.7. The number of halogens is 1. The quantitative estimate of drug-likeness (QED) is 0.462. The monoisotopic (exact) mass is 476 g/mol. The lowest BCUT2D eigenvalue weighted by Crippen LogP contribution is -2.46. The van der Waals surface area contributed by atoms with E-state index in [2.05, 4.69) is 25.1 Å². The van der Waals surface area contributed by atoms with Crippen LogP contribution in [0.25, 0.3) is 16.6 Å². The highest BCUT2D eigenvalue weighted by Gasteiger charge is 2.25. The molecule has 1 aliphatic heterocycles. The number of aromatic amines is 1. The van der Waals surface area contributed by atoms with Crippen molar-refractivity contribution in [1.82, 2.24) is 24.6 Å². The number of anilines is 1. The van der Waals surface area contributed by atoms with E-state index in [4.69, 9.17) is 11.6 Å². The smallest absolute Gasteiger partial charge is 0.330 e. The van der Waals surface area contributed by atoms with Gasteiger partial charge < -0.3 is 15.2 Å². The molecular weight excluding hydrogens is 452 g/mol. The summed E-state index contributed by atoms with van der Waals surface area (Å²) in [5.41, 5.74) is 4.84. The molecule has 4 heterocycles. The van der Waals surface area contributed by atoms with E-state index in [0.717, 1.165) is 73.4 Å². The highest BCUT2D eigenvalue weighted by molar-refractivity contribution is 6.33. The van der Waals surface area contributed by atoms with Crippen LogP contribution < -0.4 is 15.9 Å². The van der Waals surface area contributed by atoms with Gasteiger partial charge in [0.2, 0.25) is 0 Å². The van der Waals surface area contributed by atoms with Crippen molar-refractivity contribution in [3.8, 4) is 0 Å². The molecule has 8 nitrogen and oxygen atoms in total. The molecule has 0 bridgehead atoms. The zero-order chi connectivity index (χ0) is 23.2. The summed E-state index contributed by atoms with van der Waals surface area (Å²) in [5.74, 6) is -0.0520. The molecule has 1 saturated heterocycles. The number of aromatic nitrogens is 3. The number of H-pyrrole nitrogens is 1. The van der Waals surface area contributed by atoms with Crippen LogP contribution in [0.15, 0.2) is 53.6 Å². The van der Waals surface area contributed by atoms with Crippen molar-refractivity contribution < 1.29 is 4.79 Å². The Bertz CT molecular complexity index is 1450. The third-order valence-electron chi connectivity index (χ3n) is 6.64. The zero-order valence-corrected chi connectivity index (χ0v) is 19.4. The summed E-state index contributed by atoms with van der Waals surface area (Å²) >= 11 is 6.55. The average Bonchev–Trinajstić information content (AvgIpc) is 3.50. The normalized spacial score (nSPS) is 16.9. The van der Waals surface area contributed by atoms with E-state index < -0.39 is 0 Å². The van der Waals surface area contributed by atoms with Gasteiger partial charge in [0.05, 0.1) is 21.7 Å². The summed E-state index contributed by atoms with van der Waals surface area (Å²) in [6.07, 6.45) is 5.76. The zero-order valence-electron chi connectivity index (χ0n) is 18.6. The Labute approximate surface area is 201 Å². The van der Waals surface area contributed by atoms with Gasteiger partial charge in [-0.1, -0.05) is 11.6 Å². The fraction of sp³-hybridized carbons (Fsp3) is 0.320. The lowest BCUT2D eigenvalue weighted by atomic mass is 10.1. The predicted octanol–water partition coefficient (Wildman–Crippen LogP) is 3.04. The third kappa shape index (κ3) is 4.03. The minimum atomic E-state index is -0.159. The molecule has 1 aliphatic carbocycles. The largest absolute Gasteiger partial charge is 0.368 e. The van der Waals surface area contributed by atoms with Crippen LogP contribution in [0.2, 0.25) is 5.02 Å². The van der Waals surface area contributed by atoms with E-state index in [-0.39, 0.29) is 11.6 Å². The van der Waals surface area contributed by atoms with Gasteiger partial charge in [-0.3, -0.25) is 19.1 Å². The first-order valence-corrected chi connectivity index (χ1v) is 12.0. The number of benzene rings is 1. The van der Waals surface area contributed by atoms with E-state index in [1.807, 2.05) is 36.5 Å². The van der Waals surface area contributed by atoms with Crippen molar-refractivity contribution in [1.29, 1.82) is 0 Å². The lowest BCUT2D eigenvalue weighted by molar-refractivity contribution is 0.0951. The molecule has 0 spiro atoms. The van der Waals surface area contributed by atoms with Crippen molar-refractivity contribution in [2.75, 3.05) is 31.1 Å². The molecule has 2 N–H and O–H groups in total. The number of hydrogen-bond donors (Lipinski definition) is 2. The summed E-state index contributed by atoms with van der Waals surface area (Å²) < 4.78 is 1.57. The molecule has 0 atom stereocenters. The molecule has 2 aliphatic rings. The van der Waals surface area contributed by atoms with Crippen LogP contribution in [0.1, 0.15) is 28.8 Å². The molecule has 1 amide bonds. The first-order valence-electron chi connectivity index (χ1n) is 11.6. The molecule has 3 aromatic heterocycles. The number of rotatable bonds is 5. The van der Waals surface area contributed by atoms with Gasteiger partial charge in [-0.25, -0.2) is 4.79 Å². The van der Waals surface area contributed by atoms with Gasteiger partial charge in [-0.2, -0.15) is 0 Å². The molecule has 4 aromatic rings. The maximum atomic E-state index is 12.3. The van der Waals surface area contributed by atoms with Crippen molar-refractivity contribution in [2.45, 2.75) is 25.4 Å². The van der Waals surface area contributed by atoms with E-state index in [0.29, 0.717) is 16.6 Å². The van der Waals surface area contributed by atoms with E-state index >= 15 is 0 Å². The third-order valence-corrected chi connectivity index (χ3v) is 6.94. The number of piperazine rings is 1. The summed E-state index contributed by atoms with van der Waals surface area (Å²) in [6.45, 7) is 4.21. The van der Waals surface area contributed by atoms with E-state index in [1.54, 1.807) is 16.7 Å². The number of carbonyl (C=O) groups excluding carboxylic acids is 1. The molecule has 1 aromatic carbocycles. The van der Waals surface area contributed by atoms with Crippen molar-refractivity contribution in [3.63, 3.8) is 0 Å². The standard InChI is InChI=1S/C25H25ClN6O2/c26-19-13-17(24(33)28-18-4-5-18)3-6-21(19)31-10-8-30(9-11-31)15-16-12-20-23(27-14-16)22-2-1-7-32(22)25(34)29-20/h1-3,6-7,12-14,18H,4-5,8-11,15H2,(H,28,33)(H,29,34). The Hall–Kier alpha value is -3.36. The Morgan fingerprint density at radius 3 is 2.74 bits per heavy atom. The lowest BCUT2D eigenvalue weighted by Gasteiger charge is -2.36. The summed E-state index contributed by atoms with van der Waals surface area (Å²) in [4.78, 5) is 36.8. The molecular formula is C25H25ClN6O2. The van der Waals surface area contributed by atoms with Gasteiger partial charge in [0, 0.05) is 56.7 Å². The number of nitrogens with one attached hydrogen (secondary N) is 2. The van der Waals surface area contributed by atoms with Crippen LogP contribution in [0.4, 0.5) is 5.69 Å². The van der Waals surface area contributed by atoms with Crippen LogP contribution in [0, 0.1) is 0 Å². The Balaban J connectivity index is 1.12. The number of hydrogen-bond acceptors (Lipinski definition) is 5. The van der Waals surface area contributed by atoms with E-state index in [1.165, 1.54) is 0 Å². The Kier molecular flexibility index (Phi) is 5.27. The number of carbonyl (C=O) groups is 1. The molecule has 0 radical (unpaired) electrons. The van der Waals surface area contributed by atoms with E-state index in [9.17, 15) is 9.59 Å². The molecule has 9 heteroatoms. The average molecular weight is 477 g/mol. The summed E-state index contributed by atoms with van der Waals surface area (Å²) in [5, 5.41) is 3.61. The van der Waals surface area contributed by atoms with Crippen molar-refractivity contribution in [3.05, 3.63) is 75.4 Å². The van der Waals surface area contributed by atoms with Crippen LogP contribution in [-0.2, 0) is 6.54 Å². The second-order valence-electron chi connectivity index (χ2n) is 9.11. The number of fused-ring (bicyclic) bond motifs is 3. The molecule has 174 valence electrons. The van der Waals surface area contributed by atoms with Crippen molar-refractivity contribution >= 4 is 39.7 Å². The van der Waals surface area contributed by atoms with Crippen LogP contribution >= 0.6 is 11.6 Å². The second kappa shape index (κ2) is 8.45. The van der Waals surface area contributed by atoms with Gasteiger partial charge in [-0.15, -0.1) is 0 Å². The van der Waals surface area contributed by atoms with Gasteiger partial charge in [0.15, 0.2) is 0 Å². The SMILES string of the molecule is O=C(NC1CC1)c1ccc(N2CCN(Cc3cnc4c(c3)[nH]c(=O)n3cccc43)CC2)c(Cl)c1. The summed E-state index contributed by atoms with van der Waals surface area (Å²) in [7, 11) is 0. The highest BCUT2D eigenvalue weighted by Crippen LogP contribution is 2.29. The Morgan fingerprint density at radius 1 is 1.15 bits per heavy atom. The molecule has 6 rings (SSSR count). The van der Waals surface area contributed by atoms with Crippen molar-refractivity contribution in [2.24, 2.45) is 0 Å². The van der Waals surface area contributed by atoms with Gasteiger partial charge in [0.1, 0.15) is 5.52 Å². The van der Waals surface area contributed by atoms with Gasteiger partial charge in [0.25, 0.3) is 5.91 Å². The molecule has 0 unspecified atom stereocenters. The van der Waals surface area contributed by atoms with Crippen LogP contribution in [-0.4, -0.2) is 57.4 Å².